The Morgan fingerprint density at radius 3 is 1.19 bits per heavy atom. The Morgan fingerprint density at radius 1 is 0.416 bits per heavy atom. The topological polar surface area (TPSA) is 307 Å². The summed E-state index contributed by atoms with van der Waals surface area (Å²) >= 11 is 0. The molecule has 0 bridgehead atoms. The summed E-state index contributed by atoms with van der Waals surface area (Å²) in [6, 6.07) is -0.968. The van der Waals surface area contributed by atoms with Gasteiger partial charge in [0.25, 0.3) is 0 Å². The molecule has 3 heterocycles. The zero-order valence-electron chi connectivity index (χ0n) is 54.4. The fraction of sp³-hybridized carbons (Fsp3) is 0.814. The van der Waals surface area contributed by atoms with Crippen LogP contribution in [0.1, 0.15) is 232 Å². The number of carbonyl (C=O) groups excluding carboxylic acids is 1. The molecule has 0 saturated carbocycles. The number of rotatable bonds is 52. The average molecular weight is 1270 g/mol. The van der Waals surface area contributed by atoms with Crippen LogP contribution in [0, 0.1) is 0 Å². The van der Waals surface area contributed by atoms with Gasteiger partial charge in [-0.1, -0.05) is 241 Å². The predicted molar refractivity (Wildman–Crippen MR) is 346 cm³/mol. The molecule has 3 fully saturated rings. The summed E-state index contributed by atoms with van der Waals surface area (Å²) in [5.41, 5.74) is 0. The Morgan fingerprint density at radius 2 is 0.775 bits per heavy atom. The maximum atomic E-state index is 13.2. The summed E-state index contributed by atoms with van der Waals surface area (Å²) in [6.07, 6.45) is 39.3. The minimum Gasteiger partial charge on any atom is -0.394 e. The lowest BCUT2D eigenvalue weighted by Gasteiger charge is -2.48. The lowest BCUT2D eigenvalue weighted by atomic mass is 9.96. The van der Waals surface area contributed by atoms with Crippen molar-refractivity contribution in [1.82, 2.24) is 5.32 Å². The molecule has 17 atom stereocenters. The number of nitrogens with one attached hydrogen (secondary N) is 1. The first kappa shape index (κ1) is 80.5. The number of aliphatic hydroxyl groups is 11. The number of allylic oxidation sites excluding steroid dienone is 11. The van der Waals surface area contributed by atoms with Gasteiger partial charge in [-0.2, -0.15) is 0 Å². The molecule has 19 nitrogen and oxygen atoms in total. The van der Waals surface area contributed by atoms with Gasteiger partial charge in [-0.05, 0) is 57.8 Å². The van der Waals surface area contributed by atoms with Gasteiger partial charge in [-0.15, -0.1) is 0 Å². The molecule has 516 valence electrons. The van der Waals surface area contributed by atoms with Crippen LogP contribution in [0.15, 0.2) is 72.9 Å². The number of ether oxygens (including phenoxy) is 6. The fourth-order valence-electron chi connectivity index (χ4n) is 11.4. The van der Waals surface area contributed by atoms with Crippen molar-refractivity contribution in [1.29, 1.82) is 0 Å². The van der Waals surface area contributed by atoms with Crippen molar-refractivity contribution in [3.8, 4) is 0 Å². The van der Waals surface area contributed by atoms with Gasteiger partial charge in [0.05, 0.1) is 38.6 Å². The molecule has 12 N–H and O–H groups in total. The Hall–Kier alpha value is -2.77. The SMILES string of the molecule is CC/C=C\C/C=C\C/C=C\C/C=C\C/C=C\CCCCCCCCCCCCCCCCCCCCCCCCCCCC(=O)NC(COC1OC(CO)C(OC2OC(CO)C(OC3OC(CO)C(O)C(O)C3O)C(O)C2O)C(O)C1O)C(O)/C=C/CCC. The molecule has 1 amide bonds. The first-order valence-electron chi connectivity index (χ1n) is 34.7. The van der Waals surface area contributed by atoms with Crippen LogP contribution in [0.4, 0.5) is 0 Å². The number of hydrogen-bond acceptors (Lipinski definition) is 18. The van der Waals surface area contributed by atoms with Crippen molar-refractivity contribution < 1.29 is 89.4 Å². The average Bonchev–Trinajstić information content (AvgIpc) is 1.74. The van der Waals surface area contributed by atoms with Crippen LogP contribution in [0.25, 0.3) is 0 Å². The Bertz CT molecular complexity index is 1900. The molecule has 89 heavy (non-hydrogen) atoms. The number of amides is 1. The van der Waals surface area contributed by atoms with Gasteiger partial charge in [0.1, 0.15) is 73.2 Å². The molecule has 0 aromatic heterocycles. The molecular formula is C70H123NO18. The Kier molecular flexibility index (Phi) is 46.7. The molecule has 0 spiro atoms. The highest BCUT2D eigenvalue weighted by atomic mass is 16.8. The van der Waals surface area contributed by atoms with E-state index in [0.717, 1.165) is 57.8 Å². The molecule has 3 aliphatic heterocycles. The molecule has 3 saturated heterocycles. The van der Waals surface area contributed by atoms with Crippen molar-refractivity contribution >= 4 is 5.91 Å². The van der Waals surface area contributed by atoms with Crippen molar-refractivity contribution in [2.75, 3.05) is 26.4 Å². The normalized spacial score (nSPS) is 28.7. The smallest absolute Gasteiger partial charge is 0.220 e. The molecule has 3 rings (SSSR count). The third-order valence-corrected chi connectivity index (χ3v) is 17.0. The Balaban J connectivity index is 1.18. The predicted octanol–water partition coefficient (Wildman–Crippen LogP) is 8.94. The third kappa shape index (κ3) is 33.8. The van der Waals surface area contributed by atoms with Crippen molar-refractivity contribution in [3.63, 3.8) is 0 Å². The van der Waals surface area contributed by atoms with Gasteiger partial charge in [0.2, 0.25) is 5.91 Å². The van der Waals surface area contributed by atoms with E-state index in [2.05, 4.69) is 73.0 Å². The minimum atomic E-state index is -1.98. The summed E-state index contributed by atoms with van der Waals surface area (Å²) in [7, 11) is 0. The van der Waals surface area contributed by atoms with Gasteiger partial charge in [0.15, 0.2) is 18.9 Å². The summed E-state index contributed by atoms with van der Waals surface area (Å²) in [6.45, 7) is 1.37. The van der Waals surface area contributed by atoms with E-state index in [1.807, 2.05) is 6.92 Å². The number of carbonyl (C=O) groups is 1. The largest absolute Gasteiger partial charge is 0.394 e. The molecule has 0 aliphatic carbocycles. The van der Waals surface area contributed by atoms with Crippen LogP contribution in [0.3, 0.4) is 0 Å². The molecule has 0 aromatic rings. The van der Waals surface area contributed by atoms with E-state index in [1.165, 1.54) is 141 Å². The third-order valence-electron chi connectivity index (χ3n) is 17.0. The molecule has 3 aliphatic rings. The number of unbranched alkanes of at least 4 members (excludes halogenated alkanes) is 26. The lowest BCUT2D eigenvalue weighted by molar-refractivity contribution is -0.379. The standard InChI is InChI=1S/C70H123NO18/c1-3-5-7-8-9-10-11-12-13-14-15-16-17-18-19-20-21-22-23-24-25-26-27-28-29-30-31-32-33-34-35-36-37-38-39-40-41-42-43-44-46-48-58(76)71-53(54(75)47-45-6-4-2)52-84-68-64(82)61(79)66(56(50-73)86-68)89-70-65(83)62(80)67(57(51-74)87-70)88-69-63(81)60(78)59(77)55(49-72)85-69/h5,7,9-10,12-13,15-16,18-19,45,47,53-57,59-70,72-75,77-83H,3-4,6,8,11,14,17,20-44,46,48-52H2,1-2H3,(H,71,76)/b7-5-,10-9-,13-12-,16-15-,19-18-,47-45+. The summed E-state index contributed by atoms with van der Waals surface area (Å²) < 4.78 is 34.0. The first-order chi connectivity index (χ1) is 43.3. The van der Waals surface area contributed by atoms with E-state index in [0.29, 0.717) is 12.8 Å². The Labute approximate surface area is 534 Å². The summed E-state index contributed by atoms with van der Waals surface area (Å²) in [4.78, 5) is 13.2. The van der Waals surface area contributed by atoms with E-state index in [1.54, 1.807) is 12.2 Å². The molecular weight excluding hydrogens is 1140 g/mol. The monoisotopic (exact) mass is 1270 g/mol. The van der Waals surface area contributed by atoms with E-state index in [9.17, 15) is 61.0 Å². The second-order valence-electron chi connectivity index (χ2n) is 24.6. The van der Waals surface area contributed by atoms with E-state index < -0.39 is 124 Å². The molecule has 0 radical (unpaired) electrons. The fourth-order valence-corrected chi connectivity index (χ4v) is 11.4. The van der Waals surface area contributed by atoms with Crippen molar-refractivity contribution in [2.24, 2.45) is 0 Å². The van der Waals surface area contributed by atoms with Crippen LogP contribution in [-0.2, 0) is 33.2 Å². The number of aliphatic hydroxyl groups excluding tert-OH is 11. The molecule has 19 heteroatoms. The summed E-state index contributed by atoms with van der Waals surface area (Å²) in [5, 5.41) is 119. The first-order valence-corrected chi connectivity index (χ1v) is 34.7. The van der Waals surface area contributed by atoms with Gasteiger partial charge >= 0.3 is 0 Å². The highest BCUT2D eigenvalue weighted by Gasteiger charge is 2.53. The van der Waals surface area contributed by atoms with E-state index >= 15 is 0 Å². The van der Waals surface area contributed by atoms with Crippen LogP contribution in [-0.4, -0.2) is 193 Å². The van der Waals surface area contributed by atoms with Gasteiger partial charge in [0, 0.05) is 6.42 Å². The van der Waals surface area contributed by atoms with Gasteiger partial charge in [-0.3, -0.25) is 4.79 Å². The molecule has 0 aromatic carbocycles. The molecule has 17 unspecified atom stereocenters. The second kappa shape index (κ2) is 51.6. The maximum Gasteiger partial charge on any atom is 0.220 e. The quantitative estimate of drug-likeness (QED) is 0.0200. The summed E-state index contributed by atoms with van der Waals surface area (Å²) in [5.74, 6) is -0.286. The van der Waals surface area contributed by atoms with Crippen molar-refractivity contribution in [2.45, 2.75) is 336 Å². The van der Waals surface area contributed by atoms with E-state index in [-0.39, 0.29) is 18.9 Å². The van der Waals surface area contributed by atoms with Crippen LogP contribution in [0.2, 0.25) is 0 Å². The van der Waals surface area contributed by atoms with Crippen LogP contribution >= 0.6 is 0 Å². The highest BCUT2D eigenvalue weighted by molar-refractivity contribution is 5.76. The van der Waals surface area contributed by atoms with Crippen LogP contribution < -0.4 is 5.32 Å². The van der Waals surface area contributed by atoms with Gasteiger partial charge in [-0.25, -0.2) is 0 Å². The zero-order chi connectivity index (χ0) is 64.7. The maximum absolute atomic E-state index is 13.2. The second-order valence-corrected chi connectivity index (χ2v) is 24.6. The van der Waals surface area contributed by atoms with E-state index in [4.69, 9.17) is 28.4 Å². The highest BCUT2D eigenvalue weighted by Crippen LogP contribution is 2.33. The van der Waals surface area contributed by atoms with Crippen LogP contribution in [0.5, 0.6) is 0 Å². The number of hydrogen-bond donors (Lipinski definition) is 12. The lowest BCUT2D eigenvalue weighted by Crippen LogP contribution is -2.66. The minimum absolute atomic E-state index is 0.242. The van der Waals surface area contributed by atoms with Gasteiger partial charge < -0.3 is 89.9 Å². The zero-order valence-corrected chi connectivity index (χ0v) is 54.4. The van der Waals surface area contributed by atoms with Crippen molar-refractivity contribution in [3.05, 3.63) is 72.9 Å².